The van der Waals surface area contributed by atoms with Crippen LogP contribution in [0.1, 0.15) is 33.9 Å². The molecule has 2 heteroatoms. The van der Waals surface area contributed by atoms with Gasteiger partial charge in [0.1, 0.15) is 0 Å². The normalized spacial score (nSPS) is 16.2. The molecule has 0 fully saturated rings. The molecule has 1 unspecified atom stereocenters. The van der Waals surface area contributed by atoms with E-state index in [4.69, 9.17) is 11.6 Å². The Morgan fingerprint density at radius 3 is 2.25 bits per heavy atom. The van der Waals surface area contributed by atoms with Crippen LogP contribution in [0.2, 0.25) is 5.02 Å². The lowest BCUT2D eigenvalue weighted by atomic mass is 9.90. The molecule has 0 spiro atoms. The molecule has 104 valence electrons. The molecule has 0 bridgehead atoms. The number of aryl methyl sites for hydroxylation is 2. The fraction of sp³-hybridized carbons (Fsp3) is 0.333. The second-order valence-corrected chi connectivity index (χ2v) is 6.25. The van der Waals surface area contributed by atoms with E-state index in [2.05, 4.69) is 24.3 Å². The maximum absolute atomic E-state index is 10.7. The minimum Gasteiger partial charge on any atom is -0.388 e. The molecular formula is C18H19ClO. The zero-order valence-corrected chi connectivity index (χ0v) is 12.6. The van der Waals surface area contributed by atoms with E-state index in [0.29, 0.717) is 0 Å². The minimum absolute atomic E-state index is 0.270. The summed E-state index contributed by atoms with van der Waals surface area (Å²) in [5, 5.41) is 11.5. The Kier molecular flexibility index (Phi) is 3.57. The third-order valence-electron chi connectivity index (χ3n) is 4.40. The molecule has 0 aromatic heterocycles. The van der Waals surface area contributed by atoms with Crippen LogP contribution in [0.25, 0.3) is 0 Å². The number of rotatable bonds is 2. The van der Waals surface area contributed by atoms with Crippen molar-refractivity contribution in [1.29, 1.82) is 0 Å². The summed E-state index contributed by atoms with van der Waals surface area (Å²) >= 11 is 6.14. The second-order valence-electron chi connectivity index (χ2n) is 5.84. The topological polar surface area (TPSA) is 20.2 Å². The summed E-state index contributed by atoms with van der Waals surface area (Å²) in [5.41, 5.74) is 5.87. The first-order valence-electron chi connectivity index (χ1n) is 7.07. The Hall–Kier alpha value is -1.31. The highest BCUT2D eigenvalue weighted by molar-refractivity contribution is 6.31. The Morgan fingerprint density at radius 2 is 1.65 bits per heavy atom. The van der Waals surface area contributed by atoms with E-state index in [0.717, 1.165) is 34.6 Å². The molecular weight excluding hydrogens is 268 g/mol. The summed E-state index contributed by atoms with van der Waals surface area (Å²) < 4.78 is 0. The van der Waals surface area contributed by atoms with Crippen LogP contribution in [0.4, 0.5) is 0 Å². The number of hydrogen-bond donors (Lipinski definition) is 1. The molecule has 3 rings (SSSR count). The van der Waals surface area contributed by atoms with Crippen molar-refractivity contribution in [2.75, 3.05) is 0 Å². The van der Waals surface area contributed by atoms with Crippen molar-refractivity contribution >= 4 is 11.6 Å². The van der Waals surface area contributed by atoms with Gasteiger partial charge in [-0.05, 0) is 66.5 Å². The molecule has 1 aliphatic rings. The number of halogens is 1. The number of hydrogen-bond acceptors (Lipinski definition) is 1. The van der Waals surface area contributed by atoms with Crippen LogP contribution in [-0.4, -0.2) is 5.11 Å². The Labute approximate surface area is 125 Å². The van der Waals surface area contributed by atoms with Gasteiger partial charge in [0.25, 0.3) is 0 Å². The van der Waals surface area contributed by atoms with E-state index in [1.165, 1.54) is 11.1 Å². The maximum atomic E-state index is 10.7. The van der Waals surface area contributed by atoms with Crippen LogP contribution in [0, 0.1) is 19.8 Å². The van der Waals surface area contributed by atoms with E-state index >= 15 is 0 Å². The molecule has 0 saturated carbocycles. The summed E-state index contributed by atoms with van der Waals surface area (Å²) in [6.07, 6.45) is 1.50. The van der Waals surface area contributed by atoms with Gasteiger partial charge in [-0.1, -0.05) is 41.9 Å². The minimum atomic E-state index is -0.418. The molecule has 1 atom stereocenters. The smallest absolute Gasteiger partial charge is 0.0827 e. The first-order chi connectivity index (χ1) is 9.56. The fourth-order valence-corrected chi connectivity index (χ4v) is 3.41. The molecule has 0 saturated heterocycles. The Bertz CT molecular complexity index is 623. The molecule has 1 N–H and O–H groups in total. The zero-order valence-electron chi connectivity index (χ0n) is 11.9. The monoisotopic (exact) mass is 286 g/mol. The van der Waals surface area contributed by atoms with E-state index in [-0.39, 0.29) is 5.92 Å². The highest BCUT2D eigenvalue weighted by Gasteiger charge is 2.29. The number of aliphatic hydroxyl groups is 1. The van der Waals surface area contributed by atoms with Crippen LogP contribution in [0.15, 0.2) is 36.4 Å². The predicted octanol–water partition coefficient (Wildman–Crippen LogP) is 4.41. The zero-order chi connectivity index (χ0) is 14.3. The third-order valence-corrected chi connectivity index (χ3v) is 4.80. The van der Waals surface area contributed by atoms with Crippen molar-refractivity contribution in [2.24, 2.45) is 5.92 Å². The Balaban J connectivity index is 1.88. The van der Waals surface area contributed by atoms with E-state index in [1.54, 1.807) is 0 Å². The molecule has 20 heavy (non-hydrogen) atoms. The van der Waals surface area contributed by atoms with Gasteiger partial charge < -0.3 is 5.11 Å². The molecule has 1 nitrogen and oxygen atoms in total. The lowest BCUT2D eigenvalue weighted by Crippen LogP contribution is -2.14. The largest absolute Gasteiger partial charge is 0.388 e. The predicted molar refractivity (Wildman–Crippen MR) is 83.2 cm³/mol. The van der Waals surface area contributed by atoms with Gasteiger partial charge in [0.15, 0.2) is 0 Å². The first-order valence-corrected chi connectivity index (χ1v) is 7.45. The number of aliphatic hydroxyl groups excluding tert-OH is 1. The molecule has 0 heterocycles. The van der Waals surface area contributed by atoms with Crippen LogP contribution in [0.5, 0.6) is 0 Å². The van der Waals surface area contributed by atoms with Gasteiger partial charge in [-0.25, -0.2) is 0 Å². The quantitative estimate of drug-likeness (QED) is 0.867. The highest BCUT2D eigenvalue weighted by Crippen LogP contribution is 2.37. The van der Waals surface area contributed by atoms with Gasteiger partial charge in [0.2, 0.25) is 0 Å². The van der Waals surface area contributed by atoms with Gasteiger partial charge in [-0.2, -0.15) is 0 Å². The van der Waals surface area contributed by atoms with Gasteiger partial charge in [0, 0.05) is 5.02 Å². The van der Waals surface area contributed by atoms with Crippen LogP contribution < -0.4 is 0 Å². The lowest BCUT2D eigenvalue weighted by Gasteiger charge is -2.21. The summed E-state index contributed by atoms with van der Waals surface area (Å²) in [6, 6.07) is 12.5. The van der Waals surface area contributed by atoms with Gasteiger partial charge in [-0.15, -0.1) is 0 Å². The summed E-state index contributed by atoms with van der Waals surface area (Å²) in [7, 11) is 0. The average molecular weight is 287 g/mol. The second kappa shape index (κ2) is 5.23. The van der Waals surface area contributed by atoms with Crippen molar-refractivity contribution in [2.45, 2.75) is 32.8 Å². The Morgan fingerprint density at radius 1 is 1.05 bits per heavy atom. The summed E-state index contributed by atoms with van der Waals surface area (Å²) in [4.78, 5) is 0. The maximum Gasteiger partial charge on any atom is 0.0827 e. The van der Waals surface area contributed by atoms with Crippen molar-refractivity contribution in [3.05, 3.63) is 69.2 Å². The number of fused-ring (bicyclic) bond motifs is 1. The van der Waals surface area contributed by atoms with Crippen molar-refractivity contribution in [1.82, 2.24) is 0 Å². The van der Waals surface area contributed by atoms with Gasteiger partial charge >= 0.3 is 0 Å². The van der Waals surface area contributed by atoms with E-state index < -0.39 is 6.10 Å². The first kappa shape index (κ1) is 13.7. The van der Waals surface area contributed by atoms with Crippen molar-refractivity contribution in [3.63, 3.8) is 0 Å². The SMILES string of the molecule is Cc1cc(C(O)C2Cc3ccccc3C2)c(C)cc1Cl. The molecule has 2 aromatic carbocycles. The number of benzene rings is 2. The van der Waals surface area contributed by atoms with Gasteiger partial charge in [0.05, 0.1) is 6.10 Å². The van der Waals surface area contributed by atoms with Crippen molar-refractivity contribution < 1.29 is 5.11 Å². The molecule has 0 radical (unpaired) electrons. The molecule has 0 amide bonds. The molecule has 0 aliphatic heterocycles. The van der Waals surface area contributed by atoms with Crippen LogP contribution in [-0.2, 0) is 12.8 Å². The average Bonchev–Trinajstić information content (AvgIpc) is 2.86. The van der Waals surface area contributed by atoms with Crippen molar-refractivity contribution in [3.8, 4) is 0 Å². The molecule has 2 aromatic rings. The molecule has 1 aliphatic carbocycles. The van der Waals surface area contributed by atoms with Crippen LogP contribution in [0.3, 0.4) is 0 Å². The standard InChI is InChI=1S/C18H19ClO/c1-11-8-17(19)12(2)7-16(11)18(20)15-9-13-5-3-4-6-14(13)10-15/h3-8,15,18,20H,9-10H2,1-2H3. The van der Waals surface area contributed by atoms with Crippen LogP contribution >= 0.6 is 11.6 Å². The fourth-order valence-electron chi connectivity index (χ4n) is 3.19. The lowest BCUT2D eigenvalue weighted by molar-refractivity contribution is 0.113. The van der Waals surface area contributed by atoms with E-state index in [9.17, 15) is 5.11 Å². The summed E-state index contributed by atoms with van der Waals surface area (Å²) in [5.74, 6) is 0.270. The van der Waals surface area contributed by atoms with Gasteiger partial charge in [-0.3, -0.25) is 0 Å². The highest BCUT2D eigenvalue weighted by atomic mass is 35.5. The summed E-state index contributed by atoms with van der Waals surface area (Å²) in [6.45, 7) is 4.01. The van der Waals surface area contributed by atoms with E-state index in [1.807, 2.05) is 26.0 Å². The third kappa shape index (κ3) is 2.36.